The number of carbonyl (C=O) groups is 1. The number of hydrogen-bond acceptors (Lipinski definition) is 3. The summed E-state index contributed by atoms with van der Waals surface area (Å²) in [5.41, 5.74) is 1.66. The van der Waals surface area contributed by atoms with Crippen LogP contribution in [0, 0.1) is 3.57 Å². The van der Waals surface area contributed by atoms with Crippen LogP contribution in [0.4, 0.5) is 0 Å². The average Bonchev–Trinajstić information content (AvgIpc) is 2.46. The van der Waals surface area contributed by atoms with Gasteiger partial charge in [0.05, 0.1) is 10.7 Å². The van der Waals surface area contributed by atoms with Crippen LogP contribution in [0.5, 0.6) is 11.5 Å². The zero-order valence-corrected chi connectivity index (χ0v) is 12.6. The van der Waals surface area contributed by atoms with Crippen molar-refractivity contribution in [3.8, 4) is 11.5 Å². The number of aldehydes is 1. The average molecular weight is 368 g/mol. The van der Waals surface area contributed by atoms with Crippen molar-refractivity contribution in [2.24, 2.45) is 0 Å². The Hall–Kier alpha value is -1.56. The molecule has 2 aromatic carbocycles. The second-order valence-corrected chi connectivity index (χ2v) is 5.09. The molecule has 0 saturated heterocycles. The molecular weight excluding hydrogens is 355 g/mol. The van der Waals surface area contributed by atoms with Crippen molar-refractivity contribution in [3.05, 3.63) is 57.2 Å². The Morgan fingerprint density at radius 2 is 1.95 bits per heavy atom. The summed E-state index contributed by atoms with van der Waals surface area (Å²) in [5.74, 6) is 1.24. The third kappa shape index (κ3) is 3.47. The van der Waals surface area contributed by atoms with E-state index in [1.807, 2.05) is 30.3 Å². The molecular formula is C15H13IO3. The van der Waals surface area contributed by atoms with Crippen LogP contribution in [-0.4, -0.2) is 13.4 Å². The van der Waals surface area contributed by atoms with Crippen molar-refractivity contribution in [3.63, 3.8) is 0 Å². The van der Waals surface area contributed by atoms with Gasteiger partial charge in [-0.25, -0.2) is 0 Å². The highest BCUT2D eigenvalue weighted by Gasteiger charge is 2.11. The van der Waals surface area contributed by atoms with E-state index in [0.717, 1.165) is 15.4 Å². The Balaban J connectivity index is 2.22. The summed E-state index contributed by atoms with van der Waals surface area (Å²) in [7, 11) is 1.56. The van der Waals surface area contributed by atoms with Crippen molar-refractivity contribution in [2.45, 2.75) is 6.61 Å². The second-order valence-electron chi connectivity index (χ2n) is 3.93. The molecule has 0 heterocycles. The molecule has 0 bridgehead atoms. The lowest BCUT2D eigenvalue weighted by Crippen LogP contribution is -2.00. The molecule has 0 saturated carbocycles. The molecule has 98 valence electrons. The van der Waals surface area contributed by atoms with Crippen LogP contribution in [0.2, 0.25) is 0 Å². The van der Waals surface area contributed by atoms with Crippen LogP contribution < -0.4 is 9.47 Å². The van der Waals surface area contributed by atoms with E-state index < -0.39 is 0 Å². The topological polar surface area (TPSA) is 35.5 Å². The van der Waals surface area contributed by atoms with E-state index in [1.54, 1.807) is 19.2 Å². The molecule has 0 aliphatic rings. The van der Waals surface area contributed by atoms with Crippen LogP contribution in [-0.2, 0) is 6.61 Å². The van der Waals surface area contributed by atoms with Gasteiger partial charge in [0.15, 0.2) is 11.5 Å². The summed E-state index contributed by atoms with van der Waals surface area (Å²) >= 11 is 2.14. The number of methoxy groups -OCH3 is 1. The number of halogens is 1. The van der Waals surface area contributed by atoms with E-state index in [9.17, 15) is 4.79 Å². The first-order valence-corrected chi connectivity index (χ1v) is 6.82. The van der Waals surface area contributed by atoms with Gasteiger partial charge in [0.2, 0.25) is 0 Å². The lowest BCUT2D eigenvalue weighted by molar-refractivity contribution is 0.112. The molecule has 2 aromatic rings. The van der Waals surface area contributed by atoms with Crippen LogP contribution in [0.15, 0.2) is 42.5 Å². The lowest BCUT2D eigenvalue weighted by Gasteiger charge is -2.13. The van der Waals surface area contributed by atoms with Gasteiger partial charge in [-0.15, -0.1) is 0 Å². The highest BCUT2D eigenvalue weighted by atomic mass is 127. The third-order valence-electron chi connectivity index (χ3n) is 2.61. The van der Waals surface area contributed by atoms with Gasteiger partial charge in [-0.3, -0.25) is 4.79 Å². The number of rotatable bonds is 5. The Bertz CT molecular complexity index is 567. The maximum Gasteiger partial charge on any atom is 0.174 e. The van der Waals surface area contributed by atoms with Gasteiger partial charge in [-0.05, 0) is 40.3 Å². The van der Waals surface area contributed by atoms with E-state index in [0.29, 0.717) is 23.7 Å². The summed E-state index contributed by atoms with van der Waals surface area (Å²) < 4.78 is 11.9. The van der Waals surface area contributed by atoms with E-state index in [-0.39, 0.29) is 0 Å². The molecule has 0 amide bonds. The Morgan fingerprint density at radius 3 is 2.58 bits per heavy atom. The summed E-state index contributed by atoms with van der Waals surface area (Å²) in [4.78, 5) is 10.8. The van der Waals surface area contributed by atoms with Crippen molar-refractivity contribution in [1.29, 1.82) is 0 Å². The first-order valence-electron chi connectivity index (χ1n) is 5.74. The summed E-state index contributed by atoms with van der Waals surface area (Å²) in [6.07, 6.45) is 0.797. The molecule has 0 fully saturated rings. The molecule has 0 radical (unpaired) electrons. The quantitative estimate of drug-likeness (QED) is 0.597. The van der Waals surface area contributed by atoms with Crippen LogP contribution in [0.1, 0.15) is 15.9 Å². The Kier molecular flexibility index (Phi) is 4.79. The van der Waals surface area contributed by atoms with Crippen molar-refractivity contribution in [2.75, 3.05) is 7.11 Å². The number of hydrogen-bond donors (Lipinski definition) is 0. The molecule has 0 aliphatic heterocycles. The van der Waals surface area contributed by atoms with E-state index in [2.05, 4.69) is 22.6 Å². The maximum absolute atomic E-state index is 10.8. The zero-order chi connectivity index (χ0) is 13.7. The fourth-order valence-electron chi connectivity index (χ4n) is 1.68. The minimum absolute atomic E-state index is 0.466. The molecule has 0 aliphatic carbocycles. The summed E-state index contributed by atoms with van der Waals surface area (Å²) in [6.45, 7) is 0.466. The SMILES string of the molecule is COc1cc(C=O)cc(I)c1OCc1ccccc1. The Morgan fingerprint density at radius 1 is 1.21 bits per heavy atom. The third-order valence-corrected chi connectivity index (χ3v) is 3.42. The highest BCUT2D eigenvalue weighted by molar-refractivity contribution is 14.1. The molecule has 19 heavy (non-hydrogen) atoms. The highest BCUT2D eigenvalue weighted by Crippen LogP contribution is 2.34. The van der Waals surface area contributed by atoms with Crippen LogP contribution in [0.25, 0.3) is 0 Å². The number of carbonyl (C=O) groups excluding carboxylic acids is 1. The largest absolute Gasteiger partial charge is 0.493 e. The molecule has 2 rings (SSSR count). The van der Waals surface area contributed by atoms with Gasteiger partial charge in [0.1, 0.15) is 12.9 Å². The number of ether oxygens (including phenoxy) is 2. The van der Waals surface area contributed by atoms with E-state index in [4.69, 9.17) is 9.47 Å². The molecule has 0 unspecified atom stereocenters. The normalized spacial score (nSPS) is 10.0. The van der Waals surface area contributed by atoms with Crippen LogP contribution >= 0.6 is 22.6 Å². The molecule has 0 spiro atoms. The van der Waals surface area contributed by atoms with Crippen molar-refractivity contribution >= 4 is 28.9 Å². The van der Waals surface area contributed by atoms with Gasteiger partial charge in [-0.2, -0.15) is 0 Å². The van der Waals surface area contributed by atoms with E-state index >= 15 is 0 Å². The van der Waals surface area contributed by atoms with Gasteiger partial charge < -0.3 is 9.47 Å². The van der Waals surface area contributed by atoms with Crippen molar-refractivity contribution < 1.29 is 14.3 Å². The smallest absolute Gasteiger partial charge is 0.174 e. The number of benzene rings is 2. The lowest BCUT2D eigenvalue weighted by atomic mass is 10.2. The minimum Gasteiger partial charge on any atom is -0.493 e. The second kappa shape index (κ2) is 6.56. The summed E-state index contributed by atoms with van der Waals surface area (Å²) in [6, 6.07) is 13.4. The van der Waals surface area contributed by atoms with Crippen molar-refractivity contribution in [1.82, 2.24) is 0 Å². The minimum atomic E-state index is 0.466. The standard InChI is InChI=1S/C15H13IO3/c1-18-14-8-12(9-17)7-13(16)15(14)19-10-11-5-3-2-4-6-11/h2-9H,10H2,1H3. The molecule has 4 heteroatoms. The van der Waals surface area contributed by atoms with Gasteiger partial charge in [0.25, 0.3) is 0 Å². The molecule has 0 aromatic heterocycles. The monoisotopic (exact) mass is 368 g/mol. The van der Waals surface area contributed by atoms with E-state index in [1.165, 1.54) is 0 Å². The van der Waals surface area contributed by atoms with Crippen LogP contribution in [0.3, 0.4) is 0 Å². The predicted octanol–water partition coefficient (Wildman–Crippen LogP) is 3.69. The zero-order valence-electron chi connectivity index (χ0n) is 10.4. The molecule has 0 N–H and O–H groups in total. The van der Waals surface area contributed by atoms with Gasteiger partial charge in [0, 0.05) is 5.56 Å². The first-order chi connectivity index (χ1) is 9.24. The Labute approximate surface area is 125 Å². The van der Waals surface area contributed by atoms with Gasteiger partial charge in [-0.1, -0.05) is 30.3 Å². The first kappa shape index (κ1) is 13.9. The van der Waals surface area contributed by atoms with Gasteiger partial charge >= 0.3 is 0 Å². The molecule has 0 atom stereocenters. The summed E-state index contributed by atoms with van der Waals surface area (Å²) in [5, 5.41) is 0. The fourth-order valence-corrected chi connectivity index (χ4v) is 2.46. The maximum atomic E-state index is 10.8. The molecule has 3 nitrogen and oxygen atoms in total. The predicted molar refractivity (Wildman–Crippen MR) is 81.9 cm³/mol. The fraction of sp³-hybridized carbons (Fsp3) is 0.133.